The van der Waals surface area contributed by atoms with Gasteiger partial charge in [0.05, 0.1) is 25.6 Å². The number of ether oxygens (including phenoxy) is 2. The molecule has 0 fully saturated rings. The van der Waals surface area contributed by atoms with Gasteiger partial charge in [0.25, 0.3) is 5.56 Å². The van der Waals surface area contributed by atoms with Crippen LogP contribution in [0.1, 0.15) is 18.7 Å². The normalized spacial score (nSPS) is 11.9. The first kappa shape index (κ1) is 23.9. The lowest BCUT2D eigenvalue weighted by Crippen LogP contribution is -2.34. The number of anilines is 1. The number of rotatable bonds is 7. The summed E-state index contributed by atoms with van der Waals surface area (Å²) in [6.07, 6.45) is 3.70. The summed E-state index contributed by atoms with van der Waals surface area (Å²) >= 11 is 0. The van der Waals surface area contributed by atoms with Gasteiger partial charge >= 0.3 is 0 Å². The first-order chi connectivity index (χ1) is 17.9. The Morgan fingerprint density at radius 1 is 0.946 bits per heavy atom. The Morgan fingerprint density at radius 2 is 1.59 bits per heavy atom. The van der Waals surface area contributed by atoms with Crippen molar-refractivity contribution in [2.75, 3.05) is 19.5 Å². The van der Waals surface area contributed by atoms with E-state index in [1.807, 2.05) is 59.4 Å². The van der Waals surface area contributed by atoms with Gasteiger partial charge in [-0.15, -0.1) is 0 Å². The van der Waals surface area contributed by atoms with Gasteiger partial charge in [0.15, 0.2) is 5.82 Å². The van der Waals surface area contributed by atoms with Crippen LogP contribution in [0.5, 0.6) is 11.5 Å². The van der Waals surface area contributed by atoms with Crippen LogP contribution in [-0.4, -0.2) is 44.3 Å². The molecule has 37 heavy (non-hydrogen) atoms. The zero-order chi connectivity index (χ0) is 26.1. The van der Waals surface area contributed by atoms with E-state index in [1.165, 1.54) is 18.9 Å². The Morgan fingerprint density at radius 3 is 2.22 bits per heavy atom. The zero-order valence-electron chi connectivity index (χ0n) is 20.9. The maximum absolute atomic E-state index is 13.9. The molecule has 0 aliphatic heterocycles. The molecule has 1 amide bonds. The molecule has 0 saturated heterocycles. The van der Waals surface area contributed by atoms with Gasteiger partial charge in [-0.2, -0.15) is 10.2 Å². The van der Waals surface area contributed by atoms with Gasteiger partial charge in [0.1, 0.15) is 28.4 Å². The molecule has 1 unspecified atom stereocenters. The van der Waals surface area contributed by atoms with E-state index >= 15 is 0 Å². The van der Waals surface area contributed by atoms with Crippen LogP contribution in [0, 0.1) is 6.92 Å². The van der Waals surface area contributed by atoms with Crippen LogP contribution >= 0.6 is 0 Å². The minimum absolute atomic E-state index is 0.371. The van der Waals surface area contributed by atoms with Crippen LogP contribution in [0.4, 0.5) is 5.69 Å². The predicted molar refractivity (Wildman–Crippen MR) is 140 cm³/mol. The molecule has 10 nitrogen and oxygen atoms in total. The standard InChI is InChI=1S/C27H26N6O4/c1-17-24-23(26(31-12-8-9-13-31)33(30-24)20-10-6-5-7-11-20)27(35)32(29-17)18(2)25(34)28-19-14-21(36-3)16-22(15-19)37-4/h5-16,18H,1-4H3,(H,28,34). The summed E-state index contributed by atoms with van der Waals surface area (Å²) in [5, 5.41) is 12.4. The van der Waals surface area contributed by atoms with Gasteiger partial charge in [-0.3, -0.25) is 9.59 Å². The fraction of sp³-hybridized carbons (Fsp3) is 0.185. The average molecular weight is 499 g/mol. The highest BCUT2D eigenvalue weighted by Gasteiger charge is 2.25. The molecule has 1 atom stereocenters. The molecule has 10 heteroatoms. The van der Waals surface area contributed by atoms with Gasteiger partial charge in [-0.05, 0) is 38.1 Å². The minimum Gasteiger partial charge on any atom is -0.497 e. The largest absolute Gasteiger partial charge is 0.497 e. The topological polar surface area (TPSA) is 105 Å². The number of methoxy groups -OCH3 is 2. The van der Waals surface area contributed by atoms with Crippen molar-refractivity contribution in [1.82, 2.24) is 24.1 Å². The summed E-state index contributed by atoms with van der Waals surface area (Å²) in [6, 6.07) is 17.4. The smallest absolute Gasteiger partial charge is 0.280 e. The van der Waals surface area contributed by atoms with Gasteiger partial charge < -0.3 is 19.4 Å². The summed E-state index contributed by atoms with van der Waals surface area (Å²) < 4.78 is 15.3. The molecule has 5 aromatic rings. The van der Waals surface area contributed by atoms with Crippen molar-refractivity contribution < 1.29 is 14.3 Å². The summed E-state index contributed by atoms with van der Waals surface area (Å²) in [5.74, 6) is 1.21. The molecule has 0 aliphatic carbocycles. The molecular formula is C27H26N6O4. The Kier molecular flexibility index (Phi) is 6.22. The number of fused-ring (bicyclic) bond motifs is 1. The Balaban J connectivity index is 1.62. The van der Waals surface area contributed by atoms with Crippen molar-refractivity contribution in [3.05, 3.63) is 89.1 Å². The van der Waals surface area contributed by atoms with Crippen molar-refractivity contribution in [2.24, 2.45) is 0 Å². The predicted octanol–water partition coefficient (Wildman–Crippen LogP) is 3.90. The first-order valence-electron chi connectivity index (χ1n) is 11.7. The molecule has 5 rings (SSSR count). The third-order valence-electron chi connectivity index (χ3n) is 6.10. The van der Waals surface area contributed by atoms with Gasteiger partial charge in [0.2, 0.25) is 5.91 Å². The maximum atomic E-state index is 13.9. The lowest BCUT2D eigenvalue weighted by molar-refractivity contribution is -0.119. The Bertz CT molecular complexity index is 1620. The summed E-state index contributed by atoms with van der Waals surface area (Å²) in [6.45, 7) is 3.40. The quantitative estimate of drug-likeness (QED) is 0.365. The number of nitrogens with zero attached hydrogens (tertiary/aromatic N) is 5. The monoisotopic (exact) mass is 498 g/mol. The lowest BCUT2D eigenvalue weighted by atomic mass is 10.2. The molecular weight excluding hydrogens is 472 g/mol. The number of hydrogen-bond donors (Lipinski definition) is 1. The van der Waals surface area contributed by atoms with E-state index < -0.39 is 17.5 Å². The Labute approximate surface area is 212 Å². The second kappa shape index (κ2) is 9.65. The molecule has 0 saturated carbocycles. The fourth-order valence-electron chi connectivity index (χ4n) is 4.19. The maximum Gasteiger partial charge on any atom is 0.280 e. The second-order valence-corrected chi connectivity index (χ2v) is 8.49. The SMILES string of the molecule is COc1cc(NC(=O)C(C)n2nc(C)c3nn(-c4ccccc4)c(-n4cccc4)c3c2=O)cc(OC)c1. The lowest BCUT2D eigenvalue weighted by Gasteiger charge is -2.16. The number of carbonyl (C=O) groups excluding carboxylic acids is 1. The molecule has 1 N–H and O–H groups in total. The zero-order valence-corrected chi connectivity index (χ0v) is 20.9. The number of aromatic nitrogens is 5. The number of benzene rings is 2. The summed E-state index contributed by atoms with van der Waals surface area (Å²) in [7, 11) is 3.06. The summed E-state index contributed by atoms with van der Waals surface area (Å²) in [5.41, 5.74) is 1.85. The highest BCUT2D eigenvalue weighted by atomic mass is 16.5. The molecule has 0 bridgehead atoms. The second-order valence-electron chi connectivity index (χ2n) is 8.49. The van der Waals surface area contributed by atoms with E-state index in [1.54, 1.807) is 36.7 Å². The van der Waals surface area contributed by atoms with E-state index in [2.05, 4.69) is 10.4 Å². The first-order valence-corrected chi connectivity index (χ1v) is 11.7. The fourth-order valence-corrected chi connectivity index (χ4v) is 4.19. The van der Waals surface area contributed by atoms with Crippen LogP contribution in [-0.2, 0) is 4.79 Å². The number of amides is 1. The van der Waals surface area contributed by atoms with Gasteiger partial charge in [-0.1, -0.05) is 18.2 Å². The van der Waals surface area contributed by atoms with Crippen molar-refractivity contribution in [3.63, 3.8) is 0 Å². The van der Waals surface area contributed by atoms with E-state index in [9.17, 15) is 9.59 Å². The number of hydrogen-bond acceptors (Lipinski definition) is 6. The minimum atomic E-state index is -0.912. The third kappa shape index (κ3) is 4.33. The van der Waals surface area contributed by atoms with Crippen LogP contribution in [0.15, 0.2) is 77.9 Å². The number of carbonyl (C=O) groups is 1. The van der Waals surface area contributed by atoms with Gasteiger partial charge in [0, 0.05) is 36.3 Å². The summed E-state index contributed by atoms with van der Waals surface area (Å²) in [4.78, 5) is 27.1. The van der Waals surface area contributed by atoms with Crippen molar-refractivity contribution in [3.8, 4) is 23.0 Å². The molecule has 3 aromatic heterocycles. The highest BCUT2D eigenvalue weighted by Crippen LogP contribution is 2.27. The number of aryl methyl sites for hydroxylation is 1. The van der Waals surface area contributed by atoms with Crippen molar-refractivity contribution in [1.29, 1.82) is 0 Å². The molecule has 0 aliphatic rings. The number of para-hydroxylation sites is 1. The van der Waals surface area contributed by atoms with Gasteiger partial charge in [-0.25, -0.2) is 9.36 Å². The van der Waals surface area contributed by atoms with E-state index in [0.29, 0.717) is 39.6 Å². The number of nitrogens with one attached hydrogen (secondary N) is 1. The van der Waals surface area contributed by atoms with Crippen molar-refractivity contribution in [2.45, 2.75) is 19.9 Å². The van der Waals surface area contributed by atoms with Crippen LogP contribution in [0.2, 0.25) is 0 Å². The van der Waals surface area contributed by atoms with E-state index in [0.717, 1.165) is 5.69 Å². The molecule has 188 valence electrons. The average Bonchev–Trinajstić information content (AvgIpc) is 3.59. The molecule has 2 aromatic carbocycles. The van der Waals surface area contributed by atoms with Crippen molar-refractivity contribution >= 4 is 22.5 Å². The van der Waals surface area contributed by atoms with Crippen LogP contribution in [0.25, 0.3) is 22.4 Å². The molecule has 3 heterocycles. The Hall–Kier alpha value is -4.86. The van der Waals surface area contributed by atoms with E-state index in [-0.39, 0.29) is 0 Å². The van der Waals surface area contributed by atoms with Crippen LogP contribution in [0.3, 0.4) is 0 Å². The molecule has 0 radical (unpaired) electrons. The molecule has 0 spiro atoms. The third-order valence-corrected chi connectivity index (χ3v) is 6.10. The highest BCUT2D eigenvalue weighted by molar-refractivity contribution is 5.94. The van der Waals surface area contributed by atoms with E-state index in [4.69, 9.17) is 14.6 Å². The van der Waals surface area contributed by atoms with Crippen LogP contribution < -0.4 is 20.3 Å².